The van der Waals surface area contributed by atoms with Crippen molar-refractivity contribution in [3.05, 3.63) is 71.3 Å². The van der Waals surface area contributed by atoms with Gasteiger partial charge in [-0.2, -0.15) is 4.57 Å². The van der Waals surface area contributed by atoms with Crippen molar-refractivity contribution < 1.29 is 8.98 Å². The zero-order valence-electron chi connectivity index (χ0n) is 22.7. The average Bonchev–Trinajstić information content (AvgIpc) is 3.49. The van der Waals surface area contributed by atoms with Gasteiger partial charge in [-0.1, -0.05) is 74.8 Å². The zero-order chi connectivity index (χ0) is 25.2. The highest BCUT2D eigenvalue weighted by Crippen LogP contribution is 2.40. The first kappa shape index (κ1) is 23.5. The van der Waals surface area contributed by atoms with Crippen molar-refractivity contribution >= 4 is 46.1 Å². The van der Waals surface area contributed by atoms with Crippen LogP contribution in [0.2, 0.25) is 19.6 Å². The molecule has 1 saturated carbocycles. The van der Waals surface area contributed by atoms with Crippen molar-refractivity contribution in [2.75, 3.05) is 0 Å². The summed E-state index contributed by atoms with van der Waals surface area (Å²) in [6.45, 7) is 11.8. The number of nitrogens with zero attached hydrogens (tertiary/aromatic N) is 1. The number of para-hydroxylation sites is 1. The maximum absolute atomic E-state index is 6.57. The molecule has 36 heavy (non-hydrogen) atoms. The summed E-state index contributed by atoms with van der Waals surface area (Å²) < 4.78 is 8.98. The molecule has 0 spiro atoms. The van der Waals surface area contributed by atoms with Gasteiger partial charge in [-0.25, -0.2) is 0 Å². The van der Waals surface area contributed by atoms with Gasteiger partial charge in [-0.15, -0.1) is 0 Å². The Kier molecular flexibility index (Phi) is 5.60. The summed E-state index contributed by atoms with van der Waals surface area (Å²) in [5.74, 6) is 0.800. The fourth-order valence-corrected chi connectivity index (χ4v) is 7.51. The van der Waals surface area contributed by atoms with Gasteiger partial charge >= 0.3 is 0 Å². The first-order chi connectivity index (χ1) is 17.2. The van der Waals surface area contributed by atoms with Gasteiger partial charge in [0.2, 0.25) is 11.2 Å². The van der Waals surface area contributed by atoms with E-state index in [0.717, 1.165) is 17.1 Å². The van der Waals surface area contributed by atoms with Crippen LogP contribution in [-0.2, 0) is 13.5 Å². The van der Waals surface area contributed by atoms with Crippen molar-refractivity contribution in [2.24, 2.45) is 13.0 Å². The molecule has 0 N–H and O–H groups in total. The number of aromatic nitrogens is 1. The van der Waals surface area contributed by atoms with E-state index in [1.54, 1.807) is 5.19 Å². The van der Waals surface area contributed by atoms with Crippen LogP contribution in [0, 0.1) is 19.8 Å². The fraction of sp³-hybridized carbons (Fsp3) is 0.364. The SMILES string of the molecule is Cc1cc2c(oc3ccccc32)c(-c2cc(CC3CCCC3)c3cc([Si](C)(C)C)ccc3[n+]2C)c1C. The molecule has 3 aromatic carbocycles. The number of pyridine rings is 1. The van der Waals surface area contributed by atoms with Crippen LogP contribution in [0.4, 0.5) is 0 Å². The first-order valence-electron chi connectivity index (χ1n) is 13.6. The molecule has 2 heterocycles. The van der Waals surface area contributed by atoms with E-state index in [1.807, 2.05) is 0 Å². The second kappa shape index (κ2) is 8.59. The third kappa shape index (κ3) is 3.80. The molecule has 0 bridgehead atoms. The van der Waals surface area contributed by atoms with E-state index >= 15 is 0 Å². The molecule has 0 unspecified atom stereocenters. The smallest absolute Gasteiger partial charge is 0.217 e. The van der Waals surface area contributed by atoms with Crippen LogP contribution in [0.1, 0.15) is 42.4 Å². The number of hydrogen-bond acceptors (Lipinski definition) is 1. The molecule has 0 aliphatic heterocycles. The van der Waals surface area contributed by atoms with Crippen LogP contribution >= 0.6 is 0 Å². The second-order valence-corrected chi connectivity index (χ2v) is 17.2. The summed E-state index contributed by atoms with van der Waals surface area (Å²) in [5, 5.41) is 5.41. The van der Waals surface area contributed by atoms with Crippen LogP contribution in [0.5, 0.6) is 0 Å². The van der Waals surface area contributed by atoms with Gasteiger partial charge in [-0.3, -0.25) is 0 Å². The Balaban J connectivity index is 1.67. The lowest BCUT2D eigenvalue weighted by Crippen LogP contribution is -2.39. The molecule has 1 aliphatic rings. The molecular formula is C33H38NOSi+. The van der Waals surface area contributed by atoms with E-state index < -0.39 is 8.07 Å². The van der Waals surface area contributed by atoms with Crippen LogP contribution in [0.3, 0.4) is 0 Å². The van der Waals surface area contributed by atoms with Crippen molar-refractivity contribution in [3.8, 4) is 11.3 Å². The van der Waals surface area contributed by atoms with Gasteiger partial charge in [0.05, 0.1) is 13.6 Å². The monoisotopic (exact) mass is 492 g/mol. The van der Waals surface area contributed by atoms with E-state index in [4.69, 9.17) is 4.42 Å². The van der Waals surface area contributed by atoms with Crippen LogP contribution < -0.4 is 9.75 Å². The third-order valence-corrected chi connectivity index (χ3v) is 10.7. The zero-order valence-corrected chi connectivity index (χ0v) is 23.7. The number of aryl methyl sites for hydroxylation is 2. The summed E-state index contributed by atoms with van der Waals surface area (Å²) in [6, 6.07) is 20.5. The van der Waals surface area contributed by atoms with Gasteiger partial charge in [0.25, 0.3) is 0 Å². The van der Waals surface area contributed by atoms with Gasteiger partial charge < -0.3 is 4.42 Å². The second-order valence-electron chi connectivity index (χ2n) is 12.1. The molecule has 3 heteroatoms. The lowest BCUT2D eigenvalue weighted by atomic mass is 9.91. The van der Waals surface area contributed by atoms with E-state index in [1.165, 1.54) is 81.7 Å². The minimum atomic E-state index is -1.41. The standard InChI is InChI=1S/C33H38NOSi/c1-21-17-28-26-13-9-10-14-31(26)35-33(28)32(22(21)2)30-19-24(18-23-11-7-8-12-23)27-20-25(36(4,5)6)15-16-29(27)34(30)3/h9-10,13-17,19-20,23H,7-8,11-12,18H2,1-6H3/q+1. The lowest BCUT2D eigenvalue weighted by Gasteiger charge is -2.19. The largest absolute Gasteiger partial charge is 0.455 e. The maximum atomic E-state index is 6.57. The minimum absolute atomic E-state index is 0.800. The van der Waals surface area contributed by atoms with Crippen molar-refractivity contribution in [3.63, 3.8) is 0 Å². The van der Waals surface area contributed by atoms with Crippen LogP contribution in [0.25, 0.3) is 44.1 Å². The predicted molar refractivity (Wildman–Crippen MR) is 156 cm³/mol. The number of fused-ring (bicyclic) bond motifs is 4. The number of benzene rings is 3. The third-order valence-electron chi connectivity index (χ3n) is 8.67. The molecule has 0 amide bonds. The molecule has 184 valence electrons. The molecular weight excluding hydrogens is 454 g/mol. The number of furan rings is 1. The van der Waals surface area contributed by atoms with Gasteiger partial charge in [0, 0.05) is 28.3 Å². The highest BCUT2D eigenvalue weighted by atomic mass is 28.3. The Morgan fingerprint density at radius 3 is 2.39 bits per heavy atom. The summed E-state index contributed by atoms with van der Waals surface area (Å²) in [6.07, 6.45) is 6.67. The van der Waals surface area contributed by atoms with Crippen molar-refractivity contribution in [1.29, 1.82) is 0 Å². The highest BCUT2D eigenvalue weighted by Gasteiger charge is 2.28. The van der Waals surface area contributed by atoms with E-state index in [-0.39, 0.29) is 0 Å². The summed E-state index contributed by atoms with van der Waals surface area (Å²) in [5.41, 5.74) is 9.95. The van der Waals surface area contributed by atoms with Crippen LogP contribution in [0.15, 0.2) is 59.0 Å². The van der Waals surface area contributed by atoms with Gasteiger partial charge in [0.15, 0.2) is 0 Å². The Morgan fingerprint density at radius 2 is 1.64 bits per heavy atom. The number of hydrogen-bond donors (Lipinski definition) is 0. The normalized spacial score (nSPS) is 15.1. The number of rotatable bonds is 4. The average molecular weight is 493 g/mol. The van der Waals surface area contributed by atoms with E-state index in [2.05, 4.69) is 99.7 Å². The van der Waals surface area contributed by atoms with E-state index in [9.17, 15) is 0 Å². The molecule has 0 atom stereocenters. The molecule has 0 radical (unpaired) electrons. The predicted octanol–water partition coefficient (Wildman–Crippen LogP) is 8.13. The molecule has 0 saturated heterocycles. The molecule has 1 fully saturated rings. The highest BCUT2D eigenvalue weighted by molar-refractivity contribution is 6.88. The minimum Gasteiger partial charge on any atom is -0.455 e. The molecule has 5 aromatic rings. The maximum Gasteiger partial charge on any atom is 0.217 e. The molecule has 2 nitrogen and oxygen atoms in total. The Morgan fingerprint density at radius 1 is 0.889 bits per heavy atom. The van der Waals surface area contributed by atoms with Crippen molar-refractivity contribution in [1.82, 2.24) is 0 Å². The Labute approximate surface area is 216 Å². The summed E-state index contributed by atoms with van der Waals surface area (Å²) in [4.78, 5) is 0. The summed E-state index contributed by atoms with van der Waals surface area (Å²) in [7, 11) is 0.829. The fourth-order valence-electron chi connectivity index (χ4n) is 6.35. The topological polar surface area (TPSA) is 17.0 Å². The lowest BCUT2D eigenvalue weighted by molar-refractivity contribution is -0.633. The quantitative estimate of drug-likeness (QED) is 0.183. The van der Waals surface area contributed by atoms with Gasteiger partial charge in [-0.05, 0) is 61.1 Å². The van der Waals surface area contributed by atoms with E-state index in [0.29, 0.717) is 0 Å². The molecule has 2 aromatic heterocycles. The van der Waals surface area contributed by atoms with Crippen molar-refractivity contribution in [2.45, 2.75) is 65.6 Å². The van der Waals surface area contributed by atoms with Crippen LogP contribution in [-0.4, -0.2) is 8.07 Å². The molecule has 6 rings (SSSR count). The summed E-state index contributed by atoms with van der Waals surface area (Å²) >= 11 is 0. The first-order valence-corrected chi connectivity index (χ1v) is 17.1. The van der Waals surface area contributed by atoms with Gasteiger partial charge in [0.1, 0.15) is 18.2 Å². The molecule has 1 aliphatic carbocycles. The Hall–Kier alpha value is -2.91. The Bertz CT molecular complexity index is 1630.